The number of carbonyl (C=O) groups is 1. The molecule has 1 unspecified atom stereocenters. The van der Waals surface area contributed by atoms with Crippen molar-refractivity contribution < 1.29 is 4.79 Å². The topological polar surface area (TPSA) is 38.8 Å². The first-order chi connectivity index (χ1) is 20.3. The molecule has 1 saturated heterocycles. The zero-order valence-corrected chi connectivity index (χ0v) is 27.5. The van der Waals surface area contributed by atoms with Crippen molar-refractivity contribution in [1.82, 2.24) is 9.80 Å². The molecule has 2 aliphatic heterocycles. The lowest BCUT2D eigenvalue weighted by Crippen LogP contribution is -2.47. The van der Waals surface area contributed by atoms with E-state index in [-0.39, 0.29) is 11.9 Å². The van der Waals surface area contributed by atoms with Crippen molar-refractivity contribution in [3.8, 4) is 0 Å². The number of likely N-dealkylation sites (tertiary alicyclic amines) is 1. The van der Waals surface area contributed by atoms with Crippen LogP contribution in [0.25, 0.3) is 0 Å². The third kappa shape index (κ3) is 8.53. The smallest absolute Gasteiger partial charge is 0.241 e. The van der Waals surface area contributed by atoms with Gasteiger partial charge >= 0.3 is 0 Å². The standard InChI is InChI=1S/C18H28N2O.C17H19ClN2S/c1-4-5-12-20-13-7-6-11-16(20)18(21)19-17-14(2)9-8-10-15(17)3;1-19(2)10-5-11-20-14-6-3-4-7-16(14)21-17-9-8-13(18)12-15(17)20/h8-10,16H,4-7,11-13H2,1-3H3,(H,19,21);3-4,6-9,12H,5,10-11H2,1-2H3. The first kappa shape index (κ1) is 32.4. The number of para-hydroxylation sites is 2. The van der Waals surface area contributed by atoms with Gasteiger partial charge in [0, 0.05) is 27.0 Å². The summed E-state index contributed by atoms with van der Waals surface area (Å²) in [5.41, 5.74) is 5.78. The Bertz CT molecular complexity index is 1310. The third-order valence-electron chi connectivity index (χ3n) is 8.02. The molecule has 5 nitrogen and oxygen atoms in total. The van der Waals surface area contributed by atoms with Gasteiger partial charge in [0.15, 0.2) is 0 Å². The molecule has 1 amide bonds. The Hall–Kier alpha value is -2.51. The zero-order chi connectivity index (χ0) is 30.1. The van der Waals surface area contributed by atoms with Crippen molar-refractivity contribution in [2.45, 2.75) is 75.1 Å². The highest BCUT2D eigenvalue weighted by molar-refractivity contribution is 7.99. The number of rotatable bonds is 9. The van der Waals surface area contributed by atoms with Gasteiger partial charge in [0.2, 0.25) is 5.91 Å². The molecule has 42 heavy (non-hydrogen) atoms. The Kier molecular flexibility index (Phi) is 12.2. The minimum Gasteiger partial charge on any atom is -0.340 e. The maximum absolute atomic E-state index is 12.7. The molecule has 1 fully saturated rings. The van der Waals surface area contributed by atoms with E-state index in [9.17, 15) is 4.79 Å². The molecule has 2 aliphatic rings. The van der Waals surface area contributed by atoms with Gasteiger partial charge in [0.1, 0.15) is 0 Å². The minimum atomic E-state index is 0.0457. The number of benzene rings is 3. The molecule has 0 saturated carbocycles. The molecule has 1 atom stereocenters. The van der Waals surface area contributed by atoms with Gasteiger partial charge in [-0.2, -0.15) is 0 Å². The minimum absolute atomic E-state index is 0.0457. The van der Waals surface area contributed by atoms with Crippen LogP contribution in [0.2, 0.25) is 5.02 Å². The van der Waals surface area contributed by atoms with Crippen LogP contribution in [0.3, 0.4) is 0 Å². The van der Waals surface area contributed by atoms with Gasteiger partial charge < -0.3 is 15.1 Å². The van der Waals surface area contributed by atoms with Gasteiger partial charge in [-0.15, -0.1) is 0 Å². The Morgan fingerprint density at radius 3 is 2.43 bits per heavy atom. The quantitative estimate of drug-likeness (QED) is 0.263. The number of piperidine rings is 1. The maximum atomic E-state index is 12.7. The van der Waals surface area contributed by atoms with Crippen LogP contribution in [0.1, 0.15) is 56.6 Å². The van der Waals surface area contributed by atoms with Gasteiger partial charge in [-0.1, -0.05) is 73.5 Å². The molecule has 5 rings (SSSR count). The average molecular weight is 607 g/mol. The van der Waals surface area contributed by atoms with Crippen molar-refractivity contribution >= 4 is 46.3 Å². The fraction of sp³-hybridized carbons (Fsp3) is 0.457. The number of anilines is 3. The van der Waals surface area contributed by atoms with Crippen LogP contribution >= 0.6 is 23.4 Å². The fourth-order valence-corrected chi connectivity index (χ4v) is 6.97. The Labute approximate surface area is 262 Å². The summed E-state index contributed by atoms with van der Waals surface area (Å²) in [6, 6.07) is 21.0. The zero-order valence-electron chi connectivity index (χ0n) is 26.0. The molecule has 3 aromatic rings. The van der Waals surface area contributed by atoms with Crippen molar-refractivity contribution in [2.24, 2.45) is 0 Å². The molecule has 2 heterocycles. The summed E-state index contributed by atoms with van der Waals surface area (Å²) >= 11 is 8.03. The van der Waals surface area contributed by atoms with Crippen LogP contribution in [0.4, 0.5) is 17.1 Å². The molecule has 226 valence electrons. The predicted octanol–water partition coefficient (Wildman–Crippen LogP) is 8.79. The van der Waals surface area contributed by atoms with E-state index in [1.165, 1.54) is 40.4 Å². The lowest BCUT2D eigenvalue weighted by molar-refractivity contribution is -0.122. The molecule has 0 aliphatic carbocycles. The summed E-state index contributed by atoms with van der Waals surface area (Å²) in [7, 11) is 4.23. The number of carbonyl (C=O) groups excluding carboxylic acids is 1. The lowest BCUT2D eigenvalue weighted by atomic mass is 10.00. The Morgan fingerprint density at radius 1 is 0.952 bits per heavy atom. The molecule has 0 radical (unpaired) electrons. The number of unbranched alkanes of at least 4 members (excludes halogenated alkanes) is 1. The number of nitrogens with one attached hydrogen (secondary N) is 1. The summed E-state index contributed by atoms with van der Waals surface area (Å²) in [4.78, 5) is 22.3. The molecular weight excluding hydrogens is 560 g/mol. The fourth-order valence-electron chi connectivity index (χ4n) is 5.72. The molecule has 0 spiro atoms. The van der Waals surface area contributed by atoms with Crippen LogP contribution in [0.5, 0.6) is 0 Å². The van der Waals surface area contributed by atoms with E-state index in [0.29, 0.717) is 0 Å². The van der Waals surface area contributed by atoms with Gasteiger partial charge in [0.25, 0.3) is 0 Å². The van der Waals surface area contributed by atoms with E-state index in [2.05, 4.69) is 103 Å². The second kappa shape index (κ2) is 15.8. The Morgan fingerprint density at radius 2 is 1.69 bits per heavy atom. The van der Waals surface area contributed by atoms with Gasteiger partial charge in [-0.05, 0) is 115 Å². The summed E-state index contributed by atoms with van der Waals surface area (Å²) in [6.45, 7) is 10.5. The van der Waals surface area contributed by atoms with Gasteiger partial charge in [-0.25, -0.2) is 0 Å². The van der Waals surface area contributed by atoms with Crippen LogP contribution in [0, 0.1) is 13.8 Å². The number of halogens is 1. The first-order valence-corrected chi connectivity index (χ1v) is 16.6. The number of nitrogens with zero attached hydrogens (tertiary/aromatic N) is 3. The summed E-state index contributed by atoms with van der Waals surface area (Å²) < 4.78 is 0. The highest BCUT2D eigenvalue weighted by atomic mass is 35.5. The number of hydrogen-bond donors (Lipinski definition) is 1. The van der Waals surface area contributed by atoms with E-state index >= 15 is 0 Å². The van der Waals surface area contributed by atoms with Crippen molar-refractivity contribution in [3.05, 3.63) is 76.8 Å². The summed E-state index contributed by atoms with van der Waals surface area (Å²) in [5, 5.41) is 3.97. The molecule has 0 bridgehead atoms. The van der Waals surface area contributed by atoms with Crippen molar-refractivity contribution in [3.63, 3.8) is 0 Å². The molecular formula is C35H47ClN4OS. The molecule has 7 heteroatoms. The van der Waals surface area contributed by atoms with E-state index in [1.807, 2.05) is 23.9 Å². The number of aryl methyl sites for hydroxylation is 2. The molecule has 0 aromatic heterocycles. The predicted molar refractivity (Wildman–Crippen MR) is 181 cm³/mol. The largest absolute Gasteiger partial charge is 0.340 e. The summed E-state index contributed by atoms with van der Waals surface area (Å²) in [6.07, 6.45) is 6.84. The molecule has 3 aromatic carbocycles. The van der Waals surface area contributed by atoms with Crippen LogP contribution in [-0.2, 0) is 4.79 Å². The maximum Gasteiger partial charge on any atom is 0.241 e. The Balaban J connectivity index is 0.000000193. The van der Waals surface area contributed by atoms with Crippen LogP contribution < -0.4 is 10.2 Å². The third-order valence-corrected chi connectivity index (χ3v) is 9.38. The SMILES string of the molecule is CCCCN1CCCCC1C(=O)Nc1c(C)cccc1C.CN(C)CCCN1c2ccccc2Sc2ccc(Cl)cc21. The van der Waals surface area contributed by atoms with E-state index in [1.54, 1.807) is 0 Å². The van der Waals surface area contributed by atoms with E-state index < -0.39 is 0 Å². The second-order valence-corrected chi connectivity index (χ2v) is 13.2. The van der Waals surface area contributed by atoms with Crippen LogP contribution in [0.15, 0.2) is 70.5 Å². The summed E-state index contributed by atoms with van der Waals surface area (Å²) in [5.74, 6) is 0.170. The van der Waals surface area contributed by atoms with E-state index in [4.69, 9.17) is 11.6 Å². The number of hydrogen-bond acceptors (Lipinski definition) is 5. The number of fused-ring (bicyclic) bond motifs is 2. The lowest BCUT2D eigenvalue weighted by Gasteiger charge is -2.34. The molecule has 1 N–H and O–H groups in total. The normalized spacial score (nSPS) is 16.4. The highest BCUT2D eigenvalue weighted by Gasteiger charge is 2.28. The van der Waals surface area contributed by atoms with E-state index in [0.717, 1.165) is 67.3 Å². The van der Waals surface area contributed by atoms with Gasteiger partial charge in [0.05, 0.1) is 17.4 Å². The van der Waals surface area contributed by atoms with Crippen molar-refractivity contribution in [1.29, 1.82) is 0 Å². The second-order valence-electron chi connectivity index (χ2n) is 11.6. The average Bonchev–Trinajstić information content (AvgIpc) is 2.98. The first-order valence-electron chi connectivity index (χ1n) is 15.4. The van der Waals surface area contributed by atoms with Crippen molar-refractivity contribution in [2.75, 3.05) is 50.5 Å². The number of amides is 1. The monoisotopic (exact) mass is 606 g/mol. The van der Waals surface area contributed by atoms with Gasteiger partial charge in [-0.3, -0.25) is 9.69 Å². The van der Waals surface area contributed by atoms with Crippen LogP contribution in [-0.4, -0.2) is 62.0 Å². The highest BCUT2D eigenvalue weighted by Crippen LogP contribution is 2.48.